The van der Waals surface area contributed by atoms with Crippen LogP contribution < -0.4 is 9.80 Å². The number of rotatable bonds is 1. The zero-order chi connectivity index (χ0) is 19.3. The molecule has 0 aliphatic carbocycles. The third-order valence-corrected chi connectivity index (χ3v) is 5.86. The second kappa shape index (κ2) is 6.74. The molecule has 5 rings (SSSR count). The van der Waals surface area contributed by atoms with E-state index in [0.29, 0.717) is 19.7 Å². The second-order valence-corrected chi connectivity index (χ2v) is 7.89. The topological polar surface area (TPSA) is 61.8 Å². The Bertz CT molecular complexity index is 917. The fourth-order valence-corrected chi connectivity index (χ4v) is 4.47. The van der Waals surface area contributed by atoms with E-state index in [4.69, 9.17) is 9.72 Å². The smallest absolute Gasteiger partial charge is 0.326 e. The molecule has 3 aliphatic rings. The number of ether oxygens (including phenoxy) is 1. The fourth-order valence-electron chi connectivity index (χ4n) is 4.47. The van der Waals surface area contributed by atoms with Crippen molar-refractivity contribution in [2.45, 2.75) is 32.4 Å². The van der Waals surface area contributed by atoms with E-state index >= 15 is 0 Å². The lowest BCUT2D eigenvalue weighted by atomic mass is 10.1. The monoisotopic (exact) mass is 379 g/mol. The van der Waals surface area contributed by atoms with Gasteiger partial charge in [0.15, 0.2) is 5.82 Å². The first kappa shape index (κ1) is 17.4. The summed E-state index contributed by atoms with van der Waals surface area (Å²) in [5, 5.41) is 0. The van der Waals surface area contributed by atoms with Gasteiger partial charge in [0.1, 0.15) is 0 Å². The zero-order valence-electron chi connectivity index (χ0n) is 16.3. The molecule has 2 saturated heterocycles. The van der Waals surface area contributed by atoms with Crippen LogP contribution in [0.3, 0.4) is 0 Å². The predicted molar refractivity (Wildman–Crippen MR) is 108 cm³/mol. The number of nitrogens with zero attached hydrogens (tertiary/aromatic N) is 5. The summed E-state index contributed by atoms with van der Waals surface area (Å²) < 4.78 is 5.62. The van der Waals surface area contributed by atoms with E-state index in [1.165, 1.54) is 0 Å². The van der Waals surface area contributed by atoms with E-state index in [1.54, 1.807) is 6.20 Å². The number of anilines is 2. The Hall–Kier alpha value is -2.67. The van der Waals surface area contributed by atoms with E-state index in [9.17, 15) is 4.79 Å². The molecule has 5 heterocycles. The van der Waals surface area contributed by atoms with Crippen molar-refractivity contribution in [1.82, 2.24) is 14.9 Å². The predicted octanol–water partition coefficient (Wildman–Crippen LogP) is 2.69. The molecule has 0 radical (unpaired) electrons. The minimum absolute atomic E-state index is 0.0542. The van der Waals surface area contributed by atoms with Gasteiger partial charge in [-0.15, -0.1) is 0 Å². The van der Waals surface area contributed by atoms with Gasteiger partial charge in [0.2, 0.25) is 0 Å². The highest BCUT2D eigenvalue weighted by molar-refractivity contribution is 5.97. The third-order valence-electron chi connectivity index (χ3n) is 5.86. The Morgan fingerprint density at radius 1 is 1.21 bits per heavy atom. The van der Waals surface area contributed by atoms with Crippen molar-refractivity contribution in [3.63, 3.8) is 0 Å². The van der Waals surface area contributed by atoms with Gasteiger partial charge in [-0.1, -0.05) is 0 Å². The maximum Gasteiger partial charge on any atom is 0.326 e. The Kier molecular flexibility index (Phi) is 4.19. The average Bonchev–Trinajstić information content (AvgIpc) is 3.12. The molecule has 7 heteroatoms. The Labute approximate surface area is 164 Å². The van der Waals surface area contributed by atoms with E-state index in [0.717, 1.165) is 48.0 Å². The van der Waals surface area contributed by atoms with Crippen LogP contribution in [0.15, 0.2) is 30.5 Å². The molecule has 0 unspecified atom stereocenters. The highest BCUT2D eigenvalue weighted by Crippen LogP contribution is 2.40. The van der Waals surface area contributed by atoms with Crippen LogP contribution >= 0.6 is 0 Å². The van der Waals surface area contributed by atoms with Crippen molar-refractivity contribution in [3.05, 3.63) is 36.2 Å². The molecule has 2 aromatic heterocycles. The Morgan fingerprint density at radius 3 is 2.93 bits per heavy atom. The second-order valence-electron chi connectivity index (χ2n) is 7.89. The molecule has 2 bridgehead atoms. The molecule has 2 amide bonds. The van der Waals surface area contributed by atoms with Gasteiger partial charge in [-0.25, -0.2) is 9.78 Å². The molecular formula is C21H25N5O2. The van der Waals surface area contributed by atoms with Crippen LogP contribution in [0.2, 0.25) is 0 Å². The summed E-state index contributed by atoms with van der Waals surface area (Å²) in [7, 11) is 0. The van der Waals surface area contributed by atoms with E-state index < -0.39 is 0 Å². The number of urea groups is 1. The van der Waals surface area contributed by atoms with Gasteiger partial charge in [-0.3, -0.25) is 9.88 Å². The number of amides is 2. The van der Waals surface area contributed by atoms with Crippen LogP contribution in [0.5, 0.6) is 0 Å². The lowest BCUT2D eigenvalue weighted by Crippen LogP contribution is -2.55. The molecule has 0 aromatic carbocycles. The maximum absolute atomic E-state index is 13.5. The highest BCUT2D eigenvalue weighted by atomic mass is 16.5. The van der Waals surface area contributed by atoms with Crippen molar-refractivity contribution in [2.75, 3.05) is 42.6 Å². The van der Waals surface area contributed by atoms with E-state index in [2.05, 4.69) is 16.0 Å². The number of fused-ring (bicyclic) bond motifs is 4. The maximum atomic E-state index is 13.5. The molecule has 2 fully saturated rings. The number of aryl methyl sites for hydroxylation is 1. The minimum atomic E-state index is 0.0542. The molecule has 0 saturated carbocycles. The molecule has 2 atom stereocenters. The lowest BCUT2D eigenvalue weighted by molar-refractivity contribution is -0.00265. The van der Waals surface area contributed by atoms with Gasteiger partial charge in [0.05, 0.1) is 30.1 Å². The number of aromatic nitrogens is 2. The molecule has 0 spiro atoms. The van der Waals surface area contributed by atoms with Crippen molar-refractivity contribution < 1.29 is 9.53 Å². The molecule has 0 N–H and O–H groups in total. The quantitative estimate of drug-likeness (QED) is 0.762. The average molecular weight is 379 g/mol. The molecule has 3 aliphatic heterocycles. The van der Waals surface area contributed by atoms with Crippen molar-refractivity contribution in [3.8, 4) is 11.3 Å². The molecule has 28 heavy (non-hydrogen) atoms. The Morgan fingerprint density at radius 2 is 2.11 bits per heavy atom. The largest absolute Gasteiger partial charge is 0.375 e. The van der Waals surface area contributed by atoms with Gasteiger partial charge in [-0.2, -0.15) is 0 Å². The van der Waals surface area contributed by atoms with E-state index in [-0.39, 0.29) is 18.2 Å². The lowest BCUT2D eigenvalue weighted by Gasteiger charge is -2.40. The van der Waals surface area contributed by atoms with Crippen molar-refractivity contribution >= 4 is 17.5 Å². The SMILES string of the molecule is Cc1cc(-c2ccc3c(n2)N(C(=O)N2CCO[C@@H](C)C2)[C@H]2CCN3C2)ccn1. The zero-order valence-corrected chi connectivity index (χ0v) is 16.3. The molecular weight excluding hydrogens is 354 g/mol. The highest BCUT2D eigenvalue weighted by Gasteiger charge is 2.42. The van der Waals surface area contributed by atoms with Gasteiger partial charge >= 0.3 is 6.03 Å². The normalized spacial score (nSPS) is 23.7. The summed E-state index contributed by atoms with van der Waals surface area (Å²) >= 11 is 0. The van der Waals surface area contributed by atoms with Crippen LogP contribution in [-0.4, -0.2) is 65.8 Å². The van der Waals surface area contributed by atoms with Crippen LogP contribution in [0.1, 0.15) is 19.0 Å². The van der Waals surface area contributed by atoms with Gasteiger partial charge in [0, 0.05) is 43.6 Å². The molecule has 7 nitrogen and oxygen atoms in total. The Balaban J connectivity index is 1.55. The number of hydrogen-bond acceptors (Lipinski definition) is 5. The molecule has 146 valence electrons. The summed E-state index contributed by atoms with van der Waals surface area (Å²) in [4.78, 5) is 28.9. The van der Waals surface area contributed by atoms with Crippen molar-refractivity contribution in [2.24, 2.45) is 0 Å². The van der Waals surface area contributed by atoms with Crippen molar-refractivity contribution in [1.29, 1.82) is 0 Å². The fraction of sp³-hybridized carbons (Fsp3) is 0.476. The number of hydrogen-bond donors (Lipinski definition) is 0. The van der Waals surface area contributed by atoms with Crippen LogP contribution in [0, 0.1) is 6.92 Å². The summed E-state index contributed by atoms with van der Waals surface area (Å²) in [6.45, 7) is 7.70. The van der Waals surface area contributed by atoms with Crippen LogP contribution in [-0.2, 0) is 4.74 Å². The summed E-state index contributed by atoms with van der Waals surface area (Å²) in [5.41, 5.74) is 3.91. The van der Waals surface area contributed by atoms with Gasteiger partial charge < -0.3 is 14.5 Å². The summed E-state index contributed by atoms with van der Waals surface area (Å²) in [6, 6.07) is 8.39. The minimum Gasteiger partial charge on any atom is -0.375 e. The number of morpholine rings is 1. The third kappa shape index (κ3) is 2.90. The van der Waals surface area contributed by atoms with Crippen LogP contribution in [0.4, 0.5) is 16.3 Å². The number of carbonyl (C=O) groups is 1. The van der Waals surface area contributed by atoms with Gasteiger partial charge in [-0.05, 0) is 44.5 Å². The molecule has 2 aromatic rings. The first-order chi connectivity index (χ1) is 13.6. The standard InChI is InChI=1S/C21H25N5O2/c1-14-11-16(5-7-22-14)18-3-4-19-20(23-18)26(17-6-8-24(19)13-17)21(27)25-9-10-28-15(2)12-25/h3-5,7,11,15,17H,6,8-10,12-13H2,1-2H3/t15-,17-/m0/s1. The van der Waals surface area contributed by atoms with E-state index in [1.807, 2.05) is 41.8 Å². The first-order valence-corrected chi connectivity index (χ1v) is 9.99. The van der Waals surface area contributed by atoms with Crippen LogP contribution in [0.25, 0.3) is 11.3 Å². The number of carbonyl (C=O) groups excluding carboxylic acids is 1. The summed E-state index contributed by atoms with van der Waals surface area (Å²) in [6.07, 6.45) is 2.85. The van der Waals surface area contributed by atoms with Gasteiger partial charge in [0.25, 0.3) is 0 Å². The first-order valence-electron chi connectivity index (χ1n) is 9.99. The number of pyridine rings is 2. The summed E-state index contributed by atoms with van der Waals surface area (Å²) in [5.74, 6) is 0.782.